The van der Waals surface area contributed by atoms with Crippen molar-refractivity contribution in [3.63, 3.8) is 0 Å². The second kappa shape index (κ2) is 7.10. The molecular weight excluding hydrogens is 376 g/mol. The highest BCUT2D eigenvalue weighted by Gasteiger charge is 2.22. The highest BCUT2D eigenvalue weighted by molar-refractivity contribution is 9.10. The van der Waals surface area contributed by atoms with E-state index < -0.39 is 5.82 Å². The van der Waals surface area contributed by atoms with Crippen molar-refractivity contribution in [1.29, 1.82) is 0 Å². The summed E-state index contributed by atoms with van der Waals surface area (Å²) in [5, 5.41) is 4.00. The molecule has 0 bridgehead atoms. The van der Waals surface area contributed by atoms with Crippen LogP contribution in [0, 0.1) is 12.7 Å². The van der Waals surface area contributed by atoms with Gasteiger partial charge in [0.25, 0.3) is 0 Å². The first-order valence-electron chi connectivity index (χ1n) is 6.59. The molecule has 2 rings (SSSR count). The minimum atomic E-state index is -0.436. The van der Waals surface area contributed by atoms with Crippen molar-refractivity contribution in [2.24, 2.45) is 0 Å². The molecule has 0 heterocycles. The molecule has 0 aliphatic carbocycles. The minimum absolute atomic E-state index is 0.0826. The number of benzene rings is 2. The molecule has 2 aromatic carbocycles. The maximum atomic E-state index is 14.5. The molecule has 112 valence electrons. The highest BCUT2D eigenvalue weighted by atomic mass is 79.9. The van der Waals surface area contributed by atoms with Crippen molar-refractivity contribution in [1.82, 2.24) is 5.32 Å². The molecule has 0 spiro atoms. The van der Waals surface area contributed by atoms with E-state index in [9.17, 15) is 4.39 Å². The third-order valence-electron chi connectivity index (χ3n) is 3.32. The Kier molecular flexibility index (Phi) is 5.67. The van der Waals surface area contributed by atoms with E-state index >= 15 is 0 Å². The molecule has 5 heteroatoms. The summed E-state index contributed by atoms with van der Waals surface area (Å²) >= 11 is 15.6. The molecule has 0 fully saturated rings. The van der Waals surface area contributed by atoms with Crippen molar-refractivity contribution < 1.29 is 4.39 Å². The number of hydrogen-bond acceptors (Lipinski definition) is 1. The predicted octanol–water partition coefficient (Wildman–Crippen LogP) is 5.90. The first-order valence-corrected chi connectivity index (χ1v) is 8.14. The lowest BCUT2D eigenvalue weighted by Crippen LogP contribution is -2.23. The topological polar surface area (TPSA) is 12.0 Å². The molecule has 1 nitrogen and oxygen atoms in total. The summed E-state index contributed by atoms with van der Waals surface area (Å²) in [5.41, 5.74) is 2.29. The average Bonchev–Trinajstić information content (AvgIpc) is 2.46. The normalized spacial score (nSPS) is 12.5. The van der Waals surface area contributed by atoms with Gasteiger partial charge in [0.1, 0.15) is 5.82 Å². The Balaban J connectivity index is 2.59. The van der Waals surface area contributed by atoms with Gasteiger partial charge < -0.3 is 5.32 Å². The molecule has 1 N–H and O–H groups in total. The van der Waals surface area contributed by atoms with Crippen molar-refractivity contribution in [2.75, 3.05) is 6.54 Å². The number of nitrogens with one attached hydrogen (secondary N) is 1. The van der Waals surface area contributed by atoms with E-state index in [2.05, 4.69) is 21.2 Å². The van der Waals surface area contributed by atoms with Gasteiger partial charge in [0, 0.05) is 15.1 Å². The van der Waals surface area contributed by atoms with E-state index in [-0.39, 0.29) is 11.1 Å². The maximum absolute atomic E-state index is 14.5. The van der Waals surface area contributed by atoms with Crippen LogP contribution in [0.1, 0.15) is 29.7 Å². The quantitative estimate of drug-likeness (QED) is 0.640. The fourth-order valence-electron chi connectivity index (χ4n) is 2.25. The van der Waals surface area contributed by atoms with Gasteiger partial charge in [-0.15, -0.1) is 0 Å². The second-order valence-electron chi connectivity index (χ2n) is 4.73. The highest BCUT2D eigenvalue weighted by Crippen LogP contribution is 2.35. The lowest BCUT2D eigenvalue weighted by atomic mass is 9.96. The average molecular weight is 391 g/mol. The monoisotopic (exact) mass is 389 g/mol. The molecule has 0 saturated heterocycles. The van der Waals surface area contributed by atoms with Crippen molar-refractivity contribution in [3.05, 3.63) is 67.4 Å². The molecule has 1 unspecified atom stereocenters. The van der Waals surface area contributed by atoms with E-state index in [0.717, 1.165) is 11.1 Å². The molecule has 0 saturated carbocycles. The molecule has 0 radical (unpaired) electrons. The molecule has 0 aliphatic rings. The van der Waals surface area contributed by atoms with Gasteiger partial charge in [0.2, 0.25) is 0 Å². The van der Waals surface area contributed by atoms with Crippen LogP contribution in [-0.2, 0) is 0 Å². The zero-order chi connectivity index (χ0) is 15.6. The summed E-state index contributed by atoms with van der Waals surface area (Å²) in [6.07, 6.45) is 0. The third-order valence-corrected chi connectivity index (χ3v) is 5.09. The predicted molar refractivity (Wildman–Crippen MR) is 90.8 cm³/mol. The van der Waals surface area contributed by atoms with Crippen molar-refractivity contribution >= 4 is 39.1 Å². The SMILES string of the molecule is CCNC(c1ccc(Br)c(Cl)c1F)c1cccc(C)c1Cl. The number of halogens is 4. The summed E-state index contributed by atoms with van der Waals surface area (Å²) < 4.78 is 15.0. The second-order valence-corrected chi connectivity index (χ2v) is 6.34. The summed E-state index contributed by atoms with van der Waals surface area (Å²) in [6, 6.07) is 8.87. The van der Waals surface area contributed by atoms with Crippen LogP contribution >= 0.6 is 39.1 Å². The number of rotatable bonds is 4. The van der Waals surface area contributed by atoms with E-state index in [1.165, 1.54) is 0 Å². The van der Waals surface area contributed by atoms with E-state index in [4.69, 9.17) is 23.2 Å². The fourth-order valence-corrected chi connectivity index (χ4v) is 2.96. The van der Waals surface area contributed by atoms with Crippen LogP contribution in [0.3, 0.4) is 0 Å². The first-order chi connectivity index (χ1) is 9.97. The minimum Gasteiger partial charge on any atom is -0.306 e. The standard InChI is InChI=1S/C16H15BrCl2FN/c1-3-21-16(10-6-4-5-9(2)13(10)18)11-7-8-12(17)14(19)15(11)20/h4-8,16,21H,3H2,1-2H3. The van der Waals surface area contributed by atoms with Gasteiger partial charge in [-0.1, -0.05) is 54.4 Å². The van der Waals surface area contributed by atoms with Crippen LogP contribution < -0.4 is 5.32 Å². The lowest BCUT2D eigenvalue weighted by molar-refractivity contribution is 0.558. The van der Waals surface area contributed by atoms with Crippen LogP contribution in [-0.4, -0.2) is 6.54 Å². The molecule has 2 aromatic rings. The smallest absolute Gasteiger partial charge is 0.148 e. The van der Waals surface area contributed by atoms with Crippen LogP contribution in [0.15, 0.2) is 34.8 Å². The summed E-state index contributed by atoms with van der Waals surface area (Å²) in [6.45, 7) is 4.58. The van der Waals surface area contributed by atoms with Crippen molar-refractivity contribution in [2.45, 2.75) is 19.9 Å². The Labute approximate surface area is 142 Å². The Hall–Kier alpha value is -0.610. The van der Waals surface area contributed by atoms with Gasteiger partial charge in [-0.2, -0.15) is 0 Å². The van der Waals surface area contributed by atoms with Gasteiger partial charge in [0.05, 0.1) is 11.1 Å². The zero-order valence-corrected chi connectivity index (χ0v) is 14.8. The van der Waals surface area contributed by atoms with Gasteiger partial charge in [-0.05, 0) is 46.6 Å². The van der Waals surface area contributed by atoms with Crippen molar-refractivity contribution in [3.8, 4) is 0 Å². The molecular formula is C16H15BrCl2FN. The van der Waals surface area contributed by atoms with E-state index in [0.29, 0.717) is 21.6 Å². The molecule has 0 aliphatic heterocycles. The van der Waals surface area contributed by atoms with Crippen LogP contribution in [0.4, 0.5) is 4.39 Å². The maximum Gasteiger partial charge on any atom is 0.148 e. The molecule has 21 heavy (non-hydrogen) atoms. The van der Waals surface area contributed by atoms with Gasteiger partial charge in [-0.3, -0.25) is 0 Å². The number of aryl methyl sites for hydroxylation is 1. The van der Waals surface area contributed by atoms with E-state index in [1.54, 1.807) is 12.1 Å². The summed E-state index contributed by atoms with van der Waals surface area (Å²) in [5.74, 6) is -0.436. The van der Waals surface area contributed by atoms with Gasteiger partial charge in [-0.25, -0.2) is 4.39 Å². The Morgan fingerprint density at radius 3 is 2.52 bits per heavy atom. The molecule has 0 aromatic heterocycles. The summed E-state index contributed by atoms with van der Waals surface area (Å²) in [4.78, 5) is 0. The molecule has 1 atom stereocenters. The van der Waals surface area contributed by atoms with Crippen LogP contribution in [0.2, 0.25) is 10.0 Å². The van der Waals surface area contributed by atoms with E-state index in [1.807, 2.05) is 32.0 Å². The van der Waals surface area contributed by atoms with Gasteiger partial charge in [0.15, 0.2) is 0 Å². The zero-order valence-electron chi connectivity index (χ0n) is 11.7. The fraction of sp³-hybridized carbons (Fsp3) is 0.250. The largest absolute Gasteiger partial charge is 0.306 e. The van der Waals surface area contributed by atoms with Crippen LogP contribution in [0.25, 0.3) is 0 Å². The Morgan fingerprint density at radius 2 is 1.86 bits per heavy atom. The van der Waals surface area contributed by atoms with Crippen LogP contribution in [0.5, 0.6) is 0 Å². The molecule has 0 amide bonds. The van der Waals surface area contributed by atoms with Gasteiger partial charge >= 0.3 is 0 Å². The third kappa shape index (κ3) is 3.42. The summed E-state index contributed by atoms with van der Waals surface area (Å²) in [7, 11) is 0. The number of hydrogen-bond donors (Lipinski definition) is 1. The Morgan fingerprint density at radius 1 is 1.14 bits per heavy atom. The Bertz CT molecular complexity index is 661. The first kappa shape index (κ1) is 16.8. The lowest BCUT2D eigenvalue weighted by Gasteiger charge is -2.22.